The summed E-state index contributed by atoms with van der Waals surface area (Å²) in [4.78, 5) is 11.9. The van der Waals surface area contributed by atoms with E-state index in [2.05, 4.69) is 15.0 Å². The molecule has 1 saturated heterocycles. The Morgan fingerprint density at radius 1 is 1.25 bits per heavy atom. The predicted octanol–water partition coefficient (Wildman–Crippen LogP) is -1.92. The Kier molecular flexibility index (Phi) is 4.17. The van der Waals surface area contributed by atoms with Gasteiger partial charge < -0.3 is 25.8 Å². The lowest BCUT2D eigenvalue weighted by atomic mass is 10.1. The summed E-state index contributed by atoms with van der Waals surface area (Å²) in [5.74, 6) is 0.218. The maximum Gasteiger partial charge on any atom is 0.167 e. The molecular formula is C10H16N5O4P. The summed E-state index contributed by atoms with van der Waals surface area (Å²) in [5, 5.41) is 28.7. The fourth-order valence-electron chi connectivity index (χ4n) is 2.17. The van der Waals surface area contributed by atoms with Crippen LogP contribution >= 0.6 is 9.90 Å². The molecule has 5 atom stereocenters. The van der Waals surface area contributed by atoms with E-state index in [-0.39, 0.29) is 15.7 Å². The molecule has 20 heavy (non-hydrogen) atoms. The van der Waals surface area contributed by atoms with Crippen molar-refractivity contribution in [3.05, 3.63) is 12.7 Å². The van der Waals surface area contributed by atoms with Gasteiger partial charge in [-0.2, -0.15) is 9.90 Å². The van der Waals surface area contributed by atoms with Gasteiger partial charge >= 0.3 is 0 Å². The van der Waals surface area contributed by atoms with E-state index in [1.165, 1.54) is 17.2 Å². The van der Waals surface area contributed by atoms with Crippen LogP contribution in [0.2, 0.25) is 0 Å². The molecule has 0 radical (unpaired) electrons. The normalized spacial score (nSPS) is 29.6. The van der Waals surface area contributed by atoms with Crippen LogP contribution in [0, 0.1) is 0 Å². The van der Waals surface area contributed by atoms with Gasteiger partial charge in [0.2, 0.25) is 0 Å². The van der Waals surface area contributed by atoms with E-state index >= 15 is 0 Å². The minimum absolute atomic E-state index is 0. The highest BCUT2D eigenvalue weighted by atomic mass is 31.0. The first-order chi connectivity index (χ1) is 9.13. The molecule has 1 aliphatic rings. The molecule has 10 heteroatoms. The summed E-state index contributed by atoms with van der Waals surface area (Å²) in [5.41, 5.74) is 6.44. The summed E-state index contributed by atoms with van der Waals surface area (Å²) in [6, 6.07) is 0. The zero-order valence-electron chi connectivity index (χ0n) is 10.5. The predicted molar refractivity (Wildman–Crippen MR) is 73.8 cm³/mol. The number of nitrogens with zero attached hydrogens (tertiary/aromatic N) is 4. The highest BCUT2D eigenvalue weighted by Crippen LogP contribution is 2.31. The van der Waals surface area contributed by atoms with Gasteiger partial charge in [-0.15, -0.1) is 0 Å². The third-order valence-corrected chi connectivity index (χ3v) is 3.18. The van der Waals surface area contributed by atoms with Gasteiger partial charge in [-0.25, -0.2) is 15.0 Å². The van der Waals surface area contributed by atoms with Gasteiger partial charge in [0.1, 0.15) is 30.2 Å². The van der Waals surface area contributed by atoms with Crippen molar-refractivity contribution in [1.82, 2.24) is 19.5 Å². The van der Waals surface area contributed by atoms with Crippen molar-refractivity contribution >= 4 is 26.9 Å². The molecule has 1 fully saturated rings. The third-order valence-electron chi connectivity index (χ3n) is 3.18. The van der Waals surface area contributed by atoms with Gasteiger partial charge in [-0.1, -0.05) is 0 Å². The third kappa shape index (κ3) is 2.13. The number of hydrogen-bond donors (Lipinski definition) is 4. The SMILES string of the molecule is Nc1ncnc2c1ncn2[C@@H]1O[C@H](CO)[C@@H](O)[C@H]1O.P. The summed E-state index contributed by atoms with van der Waals surface area (Å²) >= 11 is 0. The van der Waals surface area contributed by atoms with E-state index in [0.29, 0.717) is 11.2 Å². The zero-order valence-corrected chi connectivity index (χ0v) is 11.9. The van der Waals surface area contributed by atoms with Gasteiger partial charge in [0.05, 0.1) is 12.9 Å². The fourth-order valence-corrected chi connectivity index (χ4v) is 2.17. The number of aliphatic hydroxyl groups is 3. The molecule has 110 valence electrons. The molecule has 2 aromatic rings. The fraction of sp³-hybridized carbons (Fsp3) is 0.500. The quantitative estimate of drug-likeness (QED) is 0.471. The molecule has 5 N–H and O–H groups in total. The van der Waals surface area contributed by atoms with Crippen molar-refractivity contribution in [2.45, 2.75) is 24.5 Å². The molecule has 9 nitrogen and oxygen atoms in total. The summed E-state index contributed by atoms with van der Waals surface area (Å²) in [6.07, 6.45) is -1.42. The van der Waals surface area contributed by atoms with E-state index in [0.717, 1.165) is 0 Å². The number of hydrogen-bond acceptors (Lipinski definition) is 8. The Labute approximate surface area is 117 Å². The number of aliphatic hydroxyl groups excluding tert-OH is 3. The summed E-state index contributed by atoms with van der Waals surface area (Å²) < 4.78 is 6.85. The van der Waals surface area contributed by atoms with Gasteiger partial charge in [0.25, 0.3) is 0 Å². The van der Waals surface area contributed by atoms with Gasteiger partial charge in [0.15, 0.2) is 17.7 Å². The average Bonchev–Trinajstić information content (AvgIpc) is 2.94. The van der Waals surface area contributed by atoms with Crippen molar-refractivity contribution < 1.29 is 20.1 Å². The smallest absolute Gasteiger partial charge is 0.167 e. The first kappa shape index (κ1) is 15.0. The van der Waals surface area contributed by atoms with Crippen molar-refractivity contribution in [3.63, 3.8) is 0 Å². The monoisotopic (exact) mass is 301 g/mol. The van der Waals surface area contributed by atoms with Gasteiger partial charge in [-0.3, -0.25) is 4.57 Å². The van der Waals surface area contributed by atoms with E-state index < -0.39 is 31.1 Å². The minimum atomic E-state index is -1.19. The van der Waals surface area contributed by atoms with Gasteiger partial charge in [0, 0.05) is 0 Å². The number of nitrogens with two attached hydrogens (primary N) is 1. The average molecular weight is 301 g/mol. The molecule has 0 bridgehead atoms. The molecule has 0 aromatic carbocycles. The van der Waals surface area contributed by atoms with Crippen LogP contribution in [0.3, 0.4) is 0 Å². The summed E-state index contributed by atoms with van der Waals surface area (Å²) in [7, 11) is 0. The number of ether oxygens (including phenoxy) is 1. The van der Waals surface area contributed by atoms with Crippen LogP contribution < -0.4 is 5.73 Å². The molecule has 0 aliphatic carbocycles. The molecule has 0 spiro atoms. The van der Waals surface area contributed by atoms with Crippen LogP contribution in [0.4, 0.5) is 5.82 Å². The number of fused-ring (bicyclic) bond motifs is 1. The van der Waals surface area contributed by atoms with Gasteiger partial charge in [-0.05, 0) is 0 Å². The number of imidazole rings is 1. The highest BCUT2D eigenvalue weighted by molar-refractivity contribution is 6.92. The van der Waals surface area contributed by atoms with Crippen LogP contribution in [0.1, 0.15) is 6.23 Å². The van der Waals surface area contributed by atoms with E-state index in [9.17, 15) is 10.2 Å². The number of aromatic nitrogens is 4. The van der Waals surface area contributed by atoms with Crippen molar-refractivity contribution in [3.8, 4) is 0 Å². The Balaban J connectivity index is 0.00000147. The van der Waals surface area contributed by atoms with Crippen LogP contribution in [-0.4, -0.2) is 59.8 Å². The lowest BCUT2D eigenvalue weighted by molar-refractivity contribution is -0.0511. The minimum Gasteiger partial charge on any atom is -0.394 e. The molecular weight excluding hydrogens is 285 g/mol. The van der Waals surface area contributed by atoms with Crippen molar-refractivity contribution in [1.29, 1.82) is 0 Å². The topological polar surface area (TPSA) is 140 Å². The molecule has 3 heterocycles. The molecule has 1 aliphatic heterocycles. The number of rotatable bonds is 2. The Morgan fingerprint density at radius 2 is 2.00 bits per heavy atom. The Bertz CT molecular complexity index is 608. The lowest BCUT2D eigenvalue weighted by Crippen LogP contribution is -2.33. The van der Waals surface area contributed by atoms with E-state index in [1.807, 2.05) is 0 Å². The lowest BCUT2D eigenvalue weighted by Gasteiger charge is -2.16. The molecule has 0 amide bonds. The maximum absolute atomic E-state index is 9.95. The van der Waals surface area contributed by atoms with Crippen LogP contribution in [0.15, 0.2) is 12.7 Å². The summed E-state index contributed by atoms with van der Waals surface area (Å²) in [6.45, 7) is -0.390. The van der Waals surface area contributed by atoms with Crippen LogP contribution in [0.25, 0.3) is 11.2 Å². The second kappa shape index (κ2) is 5.55. The van der Waals surface area contributed by atoms with E-state index in [4.69, 9.17) is 15.6 Å². The van der Waals surface area contributed by atoms with E-state index in [1.54, 1.807) is 0 Å². The zero-order chi connectivity index (χ0) is 13.6. The first-order valence-electron chi connectivity index (χ1n) is 5.69. The van der Waals surface area contributed by atoms with Crippen molar-refractivity contribution in [2.75, 3.05) is 12.3 Å². The Morgan fingerprint density at radius 3 is 2.65 bits per heavy atom. The molecule has 3 rings (SSSR count). The van der Waals surface area contributed by atoms with Crippen LogP contribution in [-0.2, 0) is 4.74 Å². The molecule has 1 unspecified atom stereocenters. The first-order valence-corrected chi connectivity index (χ1v) is 5.69. The number of anilines is 1. The maximum atomic E-state index is 9.95. The molecule has 2 aromatic heterocycles. The second-order valence-electron chi connectivity index (χ2n) is 4.31. The largest absolute Gasteiger partial charge is 0.394 e. The number of nitrogen functional groups attached to an aromatic ring is 1. The highest BCUT2D eigenvalue weighted by Gasteiger charge is 2.43. The van der Waals surface area contributed by atoms with Crippen LogP contribution in [0.5, 0.6) is 0 Å². The standard InChI is InChI=1S/C10H13N5O4.H3P/c11-8-5-9(13-2-12-8)15(3-14-5)10-7(18)6(17)4(1-16)19-10;/h2-4,6-7,10,16-18H,1H2,(H2,11,12,13);1H3/t4-,6-,7-,10-;/m1./s1. The second-order valence-corrected chi connectivity index (χ2v) is 4.31. The molecule has 0 saturated carbocycles. The Hall–Kier alpha value is -1.38. The van der Waals surface area contributed by atoms with Crippen molar-refractivity contribution in [2.24, 2.45) is 0 Å².